The molecular weight excluding hydrogens is 436 g/mol. The fourth-order valence-electron chi connectivity index (χ4n) is 3.97. The number of fused-ring (bicyclic) bond motifs is 1. The molecule has 2 aromatic carbocycles. The molecule has 6 nitrogen and oxygen atoms in total. The number of hydrogen-bond donors (Lipinski definition) is 1. The summed E-state index contributed by atoms with van der Waals surface area (Å²) >= 11 is -2.38. The molecule has 1 aromatic heterocycles. The lowest BCUT2D eigenvalue weighted by atomic mass is 9.97. The number of ketones is 1. The van der Waals surface area contributed by atoms with Crippen LogP contribution in [0.4, 0.5) is 14.5 Å². The fourth-order valence-corrected chi connectivity index (χ4v) is 4.28. The lowest BCUT2D eigenvalue weighted by molar-refractivity contribution is 0.103. The van der Waals surface area contributed by atoms with Gasteiger partial charge in [-0.1, -0.05) is 0 Å². The number of anilines is 1. The summed E-state index contributed by atoms with van der Waals surface area (Å²) in [6.07, 6.45) is 4.74. The highest BCUT2D eigenvalue weighted by Crippen LogP contribution is 2.26. The van der Waals surface area contributed by atoms with E-state index in [2.05, 4.69) is 14.6 Å². The summed E-state index contributed by atoms with van der Waals surface area (Å²) in [5.74, 6) is -2.91. The molecule has 1 N–H and O–H groups in total. The van der Waals surface area contributed by atoms with E-state index in [0.717, 1.165) is 43.1 Å². The summed E-state index contributed by atoms with van der Waals surface area (Å²) in [7, 11) is 0. The van der Waals surface area contributed by atoms with Crippen LogP contribution in [-0.2, 0) is 17.7 Å². The van der Waals surface area contributed by atoms with E-state index in [1.165, 1.54) is 6.07 Å². The van der Waals surface area contributed by atoms with E-state index in [-0.39, 0.29) is 17.7 Å². The molecule has 1 fully saturated rings. The van der Waals surface area contributed by atoms with Crippen molar-refractivity contribution < 1.29 is 22.3 Å². The normalized spacial score (nSPS) is 14.8. The van der Waals surface area contributed by atoms with E-state index >= 15 is 0 Å². The van der Waals surface area contributed by atoms with Crippen LogP contribution >= 0.6 is 0 Å². The number of nitrogens with one attached hydrogen (secondary N) is 1. The van der Waals surface area contributed by atoms with Gasteiger partial charge in [0.2, 0.25) is 0 Å². The Labute approximate surface area is 187 Å². The summed E-state index contributed by atoms with van der Waals surface area (Å²) in [5.41, 5.74) is 2.02. The number of aryl methyl sites for hydroxylation is 1. The van der Waals surface area contributed by atoms with Crippen molar-refractivity contribution in [2.24, 2.45) is 0 Å². The Hall–Kier alpha value is -2.75. The van der Waals surface area contributed by atoms with Crippen LogP contribution in [-0.4, -0.2) is 39.2 Å². The van der Waals surface area contributed by atoms with Gasteiger partial charge in [-0.25, -0.2) is 13.5 Å². The SMILES string of the molecule is O=C(c1ccc2ncc(N3CCCC3)cc2c1)c1cc(CCCNS(=O)[O-])cc(F)c1F. The maximum Gasteiger partial charge on any atom is 0.196 e. The zero-order valence-corrected chi connectivity index (χ0v) is 18.1. The molecule has 4 rings (SSSR count). The van der Waals surface area contributed by atoms with Gasteiger partial charge in [-0.2, -0.15) is 0 Å². The van der Waals surface area contributed by atoms with Crippen molar-refractivity contribution in [3.8, 4) is 0 Å². The van der Waals surface area contributed by atoms with Gasteiger partial charge in [-0.15, -0.1) is 0 Å². The van der Waals surface area contributed by atoms with Crippen LogP contribution in [0.1, 0.15) is 40.7 Å². The molecule has 0 amide bonds. The first-order valence-electron chi connectivity index (χ1n) is 10.4. The summed E-state index contributed by atoms with van der Waals surface area (Å²) in [5, 5.41) is 0.758. The first kappa shape index (κ1) is 22.4. The van der Waals surface area contributed by atoms with Crippen molar-refractivity contribution in [3.05, 3.63) is 70.9 Å². The monoisotopic (exact) mass is 458 g/mol. The zero-order chi connectivity index (χ0) is 22.7. The quantitative estimate of drug-likeness (QED) is 0.316. The predicted octanol–water partition coefficient (Wildman–Crippen LogP) is 3.66. The molecule has 1 atom stereocenters. The molecule has 0 spiro atoms. The molecule has 0 saturated carbocycles. The van der Waals surface area contributed by atoms with Crippen LogP contribution in [0.3, 0.4) is 0 Å². The van der Waals surface area contributed by atoms with Crippen molar-refractivity contribution in [2.45, 2.75) is 25.7 Å². The minimum absolute atomic E-state index is 0.162. The van der Waals surface area contributed by atoms with Gasteiger partial charge >= 0.3 is 0 Å². The van der Waals surface area contributed by atoms with E-state index in [1.54, 1.807) is 18.2 Å². The highest BCUT2D eigenvalue weighted by atomic mass is 32.2. The number of rotatable bonds is 8. The summed E-state index contributed by atoms with van der Waals surface area (Å²) in [6, 6.07) is 9.24. The summed E-state index contributed by atoms with van der Waals surface area (Å²) < 4.78 is 51.9. The second-order valence-corrected chi connectivity index (χ2v) is 8.55. The second kappa shape index (κ2) is 9.81. The van der Waals surface area contributed by atoms with Crippen molar-refractivity contribution in [1.29, 1.82) is 0 Å². The average molecular weight is 459 g/mol. The van der Waals surface area contributed by atoms with E-state index in [1.807, 2.05) is 12.3 Å². The minimum Gasteiger partial charge on any atom is -0.760 e. The maximum absolute atomic E-state index is 14.5. The second-order valence-electron chi connectivity index (χ2n) is 7.80. The lowest BCUT2D eigenvalue weighted by Crippen LogP contribution is -2.18. The number of aromatic nitrogens is 1. The molecule has 1 unspecified atom stereocenters. The molecular formula is C23H22F2N3O3S-. The molecule has 2 heterocycles. The number of benzene rings is 2. The Balaban J connectivity index is 1.60. The molecule has 1 aliphatic rings. The molecule has 0 radical (unpaired) electrons. The molecule has 1 aliphatic heterocycles. The summed E-state index contributed by atoms with van der Waals surface area (Å²) in [6.45, 7) is 2.09. The largest absolute Gasteiger partial charge is 0.760 e. The Morgan fingerprint density at radius 3 is 2.69 bits per heavy atom. The van der Waals surface area contributed by atoms with Gasteiger partial charge in [-0.05, 0) is 67.6 Å². The van der Waals surface area contributed by atoms with E-state index < -0.39 is 28.7 Å². The van der Waals surface area contributed by atoms with Crippen molar-refractivity contribution >= 4 is 33.6 Å². The molecule has 32 heavy (non-hydrogen) atoms. The standard InChI is InChI=1S/C23H23F2N3O3S/c24-20-11-15(4-3-7-27-32(30)31)10-19(22(20)25)23(29)16-5-6-21-17(12-16)13-18(14-26-21)28-8-1-2-9-28/h5-6,10-14,27H,1-4,7-9H2,(H,30,31)/p-1. The molecule has 1 saturated heterocycles. The molecule has 3 aromatic rings. The minimum atomic E-state index is -2.38. The fraction of sp³-hybridized carbons (Fsp3) is 0.304. The van der Waals surface area contributed by atoms with Crippen molar-refractivity contribution in [2.75, 3.05) is 24.5 Å². The summed E-state index contributed by atoms with van der Waals surface area (Å²) in [4.78, 5) is 19.7. The third-order valence-corrected chi connectivity index (χ3v) is 6.03. The van der Waals surface area contributed by atoms with Crippen molar-refractivity contribution in [1.82, 2.24) is 9.71 Å². The van der Waals surface area contributed by atoms with Crippen LogP contribution in [0.5, 0.6) is 0 Å². The molecule has 9 heteroatoms. The van der Waals surface area contributed by atoms with Gasteiger partial charge in [-0.3, -0.25) is 14.0 Å². The number of nitrogens with zero attached hydrogens (tertiary/aromatic N) is 2. The van der Waals surface area contributed by atoms with Crippen LogP contribution < -0.4 is 9.62 Å². The molecule has 0 aliphatic carbocycles. The van der Waals surface area contributed by atoms with E-state index in [9.17, 15) is 22.3 Å². The highest BCUT2D eigenvalue weighted by molar-refractivity contribution is 7.77. The zero-order valence-electron chi connectivity index (χ0n) is 17.3. The van der Waals surface area contributed by atoms with Gasteiger partial charge in [0.15, 0.2) is 17.4 Å². The highest BCUT2D eigenvalue weighted by Gasteiger charge is 2.20. The topological polar surface area (TPSA) is 85.4 Å². The van der Waals surface area contributed by atoms with Crippen LogP contribution in [0, 0.1) is 11.6 Å². The molecule has 168 valence electrons. The van der Waals surface area contributed by atoms with Crippen molar-refractivity contribution in [3.63, 3.8) is 0 Å². The van der Waals surface area contributed by atoms with Gasteiger partial charge in [0.25, 0.3) is 0 Å². The third-order valence-electron chi connectivity index (χ3n) is 5.59. The number of hydrogen-bond acceptors (Lipinski definition) is 5. The van der Waals surface area contributed by atoms with Crippen LogP contribution in [0.2, 0.25) is 0 Å². The number of halogens is 2. The number of carbonyl (C=O) groups excluding carboxylic acids is 1. The van der Waals surface area contributed by atoms with Gasteiger partial charge < -0.3 is 9.45 Å². The van der Waals surface area contributed by atoms with Crippen LogP contribution in [0.25, 0.3) is 10.9 Å². The predicted molar refractivity (Wildman–Crippen MR) is 118 cm³/mol. The van der Waals surface area contributed by atoms with Gasteiger partial charge in [0.05, 0.1) is 23.0 Å². The number of carbonyl (C=O) groups is 1. The Morgan fingerprint density at radius 2 is 1.94 bits per heavy atom. The van der Waals surface area contributed by atoms with Gasteiger partial charge in [0, 0.05) is 41.9 Å². The number of pyridine rings is 1. The molecule has 0 bridgehead atoms. The Morgan fingerprint density at radius 1 is 1.16 bits per heavy atom. The van der Waals surface area contributed by atoms with E-state index in [0.29, 0.717) is 23.9 Å². The average Bonchev–Trinajstić information content (AvgIpc) is 3.32. The first-order valence-corrected chi connectivity index (χ1v) is 11.5. The Bertz CT molecular complexity index is 1180. The third kappa shape index (κ3) is 5.01. The first-order chi connectivity index (χ1) is 15.4. The van der Waals surface area contributed by atoms with E-state index in [4.69, 9.17) is 0 Å². The smallest absolute Gasteiger partial charge is 0.196 e. The lowest BCUT2D eigenvalue weighted by Gasteiger charge is -2.17. The van der Waals surface area contributed by atoms with Crippen LogP contribution in [0.15, 0.2) is 42.6 Å². The van der Waals surface area contributed by atoms with Gasteiger partial charge in [0.1, 0.15) is 0 Å². The Kier molecular flexibility index (Phi) is 6.88. The maximum atomic E-state index is 14.5.